The Balaban J connectivity index is 1.17. The first-order chi connectivity index (χ1) is 15.7. The summed E-state index contributed by atoms with van der Waals surface area (Å²) in [5, 5.41) is 2.71. The van der Waals surface area contributed by atoms with Gasteiger partial charge in [0.1, 0.15) is 25.2 Å². The van der Waals surface area contributed by atoms with E-state index in [0.717, 1.165) is 18.7 Å². The topological polar surface area (TPSA) is 90.2 Å². The van der Waals surface area contributed by atoms with Gasteiger partial charge in [-0.15, -0.1) is 0 Å². The Morgan fingerprint density at radius 1 is 1.06 bits per heavy atom. The number of ether oxygens (including phenoxy) is 3. The Bertz CT molecular complexity index is 1210. The Morgan fingerprint density at radius 2 is 1.91 bits per heavy atom. The van der Waals surface area contributed by atoms with E-state index in [-0.39, 0.29) is 17.8 Å². The summed E-state index contributed by atoms with van der Waals surface area (Å²) in [6, 6.07) is 14.7. The van der Waals surface area contributed by atoms with Gasteiger partial charge in [-0.1, -0.05) is 18.2 Å². The molecule has 0 spiro atoms. The number of nitrogens with one attached hydrogen (secondary N) is 1. The van der Waals surface area contributed by atoms with Crippen LogP contribution >= 0.6 is 0 Å². The van der Waals surface area contributed by atoms with Crippen molar-refractivity contribution in [1.82, 2.24) is 0 Å². The largest absolute Gasteiger partial charge is 0.486 e. The Labute approximate surface area is 184 Å². The quantitative estimate of drug-likeness (QED) is 0.638. The number of fused-ring (bicyclic) bond motifs is 2. The van der Waals surface area contributed by atoms with Crippen LogP contribution in [0.3, 0.4) is 0 Å². The number of carbonyl (C=O) groups is 1. The fraction of sp³-hybridized carbons (Fsp3) is 0.250. The minimum Gasteiger partial charge on any atom is -0.486 e. The van der Waals surface area contributed by atoms with Crippen molar-refractivity contribution in [2.45, 2.75) is 13.0 Å². The molecular formula is C24H22N2O6. The first-order valence-electron chi connectivity index (χ1n) is 10.4. The van der Waals surface area contributed by atoms with Crippen molar-refractivity contribution in [1.29, 1.82) is 0 Å². The minimum atomic E-state index is -0.404. The fourth-order valence-corrected chi connectivity index (χ4v) is 3.85. The van der Waals surface area contributed by atoms with Gasteiger partial charge in [-0.25, -0.2) is 0 Å². The van der Waals surface area contributed by atoms with Crippen LogP contribution in [0.5, 0.6) is 17.2 Å². The van der Waals surface area contributed by atoms with Crippen molar-refractivity contribution in [3.63, 3.8) is 0 Å². The number of anilines is 2. The molecule has 2 aromatic carbocycles. The summed E-state index contributed by atoms with van der Waals surface area (Å²) in [5.74, 6) is 1.35. The zero-order chi connectivity index (χ0) is 21.9. The molecule has 2 aliphatic heterocycles. The normalized spacial score (nSPS) is 14.1. The van der Waals surface area contributed by atoms with E-state index < -0.39 is 5.91 Å². The van der Waals surface area contributed by atoms with Crippen molar-refractivity contribution in [3.05, 3.63) is 76.3 Å². The van der Waals surface area contributed by atoms with Crippen LogP contribution in [0, 0.1) is 0 Å². The molecule has 8 heteroatoms. The highest BCUT2D eigenvalue weighted by atomic mass is 16.6. The first kappa shape index (κ1) is 20.0. The SMILES string of the molecule is O=C(COc1coc(CN2CCc3ccccc32)cc1=O)Nc1ccc2c(c1)OCCO2. The van der Waals surface area contributed by atoms with Crippen LogP contribution in [0.2, 0.25) is 0 Å². The second-order valence-corrected chi connectivity index (χ2v) is 7.57. The predicted octanol–water partition coefficient (Wildman–Crippen LogP) is 2.99. The molecule has 0 fully saturated rings. The third-order valence-corrected chi connectivity index (χ3v) is 5.37. The molecule has 1 amide bonds. The lowest BCUT2D eigenvalue weighted by atomic mass is 10.2. The third kappa shape index (κ3) is 4.25. The maximum Gasteiger partial charge on any atom is 0.262 e. The summed E-state index contributed by atoms with van der Waals surface area (Å²) in [5.41, 5.74) is 2.67. The number of carbonyl (C=O) groups excluding carboxylic acids is 1. The average molecular weight is 434 g/mol. The van der Waals surface area contributed by atoms with Crippen molar-refractivity contribution in [2.75, 3.05) is 36.6 Å². The molecule has 5 rings (SSSR count). The molecule has 0 bridgehead atoms. The van der Waals surface area contributed by atoms with Crippen LogP contribution in [0.4, 0.5) is 11.4 Å². The summed E-state index contributed by atoms with van der Waals surface area (Å²) in [6.45, 7) is 2.01. The molecule has 2 aliphatic rings. The number of benzene rings is 2. The lowest BCUT2D eigenvalue weighted by Gasteiger charge is -2.19. The van der Waals surface area contributed by atoms with Crippen LogP contribution in [0.15, 0.2) is 64.0 Å². The van der Waals surface area contributed by atoms with Crippen LogP contribution in [-0.4, -0.2) is 32.3 Å². The lowest BCUT2D eigenvalue weighted by molar-refractivity contribution is -0.118. The third-order valence-electron chi connectivity index (χ3n) is 5.37. The fourth-order valence-electron chi connectivity index (χ4n) is 3.85. The zero-order valence-electron chi connectivity index (χ0n) is 17.3. The minimum absolute atomic E-state index is 0.00658. The van der Waals surface area contributed by atoms with Gasteiger partial charge in [0, 0.05) is 30.1 Å². The van der Waals surface area contributed by atoms with Gasteiger partial charge < -0.3 is 28.8 Å². The number of nitrogens with zero attached hydrogens (tertiary/aromatic N) is 1. The number of amides is 1. The lowest BCUT2D eigenvalue weighted by Crippen LogP contribution is -2.23. The van der Waals surface area contributed by atoms with E-state index in [1.54, 1.807) is 18.2 Å². The zero-order valence-corrected chi connectivity index (χ0v) is 17.3. The van der Waals surface area contributed by atoms with Crippen molar-refractivity contribution in [3.8, 4) is 17.2 Å². The molecule has 32 heavy (non-hydrogen) atoms. The average Bonchev–Trinajstić information content (AvgIpc) is 3.21. The second-order valence-electron chi connectivity index (χ2n) is 7.57. The second kappa shape index (κ2) is 8.66. The number of para-hydroxylation sites is 1. The molecule has 164 valence electrons. The van der Waals surface area contributed by atoms with Crippen molar-refractivity contribution < 1.29 is 23.4 Å². The monoisotopic (exact) mass is 434 g/mol. The predicted molar refractivity (Wildman–Crippen MR) is 118 cm³/mol. The van der Waals surface area contributed by atoms with E-state index in [9.17, 15) is 9.59 Å². The van der Waals surface area contributed by atoms with Crippen molar-refractivity contribution in [2.24, 2.45) is 0 Å². The number of hydrogen-bond acceptors (Lipinski definition) is 7. The van der Waals surface area contributed by atoms with E-state index >= 15 is 0 Å². The van der Waals surface area contributed by atoms with Crippen LogP contribution in [-0.2, 0) is 17.8 Å². The molecule has 1 N–H and O–H groups in total. The summed E-state index contributed by atoms with van der Waals surface area (Å²) in [4.78, 5) is 26.8. The molecule has 0 atom stereocenters. The van der Waals surface area contributed by atoms with Crippen LogP contribution in [0.25, 0.3) is 0 Å². The molecular weight excluding hydrogens is 412 g/mol. The van der Waals surface area contributed by atoms with Gasteiger partial charge in [0.05, 0.1) is 6.54 Å². The van der Waals surface area contributed by atoms with Gasteiger partial charge in [0.2, 0.25) is 11.2 Å². The van der Waals surface area contributed by atoms with E-state index in [0.29, 0.717) is 42.7 Å². The molecule has 1 aromatic heterocycles. The van der Waals surface area contributed by atoms with Crippen LogP contribution < -0.4 is 29.9 Å². The Morgan fingerprint density at radius 3 is 2.78 bits per heavy atom. The molecule has 0 saturated carbocycles. The highest BCUT2D eigenvalue weighted by molar-refractivity contribution is 5.92. The Kier molecular flexibility index (Phi) is 5.41. The number of hydrogen-bond donors (Lipinski definition) is 1. The molecule has 3 aromatic rings. The molecule has 8 nitrogen and oxygen atoms in total. The van der Waals surface area contributed by atoms with E-state index in [4.69, 9.17) is 18.6 Å². The van der Waals surface area contributed by atoms with E-state index in [1.165, 1.54) is 17.9 Å². The van der Waals surface area contributed by atoms with Crippen LogP contribution in [0.1, 0.15) is 11.3 Å². The molecule has 0 aliphatic carbocycles. The van der Waals surface area contributed by atoms with E-state index in [2.05, 4.69) is 22.3 Å². The molecule has 3 heterocycles. The van der Waals surface area contributed by atoms with Gasteiger partial charge in [-0.3, -0.25) is 9.59 Å². The van der Waals surface area contributed by atoms with Gasteiger partial charge in [0.25, 0.3) is 5.91 Å². The highest BCUT2D eigenvalue weighted by Gasteiger charge is 2.20. The summed E-state index contributed by atoms with van der Waals surface area (Å²) < 4.78 is 21.9. The highest BCUT2D eigenvalue weighted by Crippen LogP contribution is 2.32. The molecule has 0 saturated heterocycles. The standard InChI is InChI=1S/C24H22N2O6/c27-20-12-18(13-26-8-7-16-3-1-2-4-19(16)26)31-14-23(20)32-15-24(28)25-17-5-6-21-22(11-17)30-10-9-29-21/h1-6,11-12,14H,7-10,13,15H2,(H,25,28). The Hall–Kier alpha value is -3.94. The maximum atomic E-state index is 12.4. The smallest absolute Gasteiger partial charge is 0.262 e. The van der Waals surface area contributed by atoms with Crippen molar-refractivity contribution >= 4 is 17.3 Å². The number of rotatable bonds is 6. The molecule has 0 unspecified atom stereocenters. The van der Waals surface area contributed by atoms with Gasteiger partial charge in [-0.05, 0) is 30.2 Å². The van der Waals surface area contributed by atoms with E-state index in [1.807, 2.05) is 12.1 Å². The van der Waals surface area contributed by atoms with Gasteiger partial charge >= 0.3 is 0 Å². The van der Waals surface area contributed by atoms with Gasteiger partial charge in [0.15, 0.2) is 18.1 Å². The molecule has 0 radical (unpaired) electrons. The van der Waals surface area contributed by atoms with Gasteiger partial charge in [-0.2, -0.15) is 0 Å². The summed E-state index contributed by atoms with van der Waals surface area (Å²) in [6.07, 6.45) is 2.23. The first-order valence-corrected chi connectivity index (χ1v) is 10.4. The maximum absolute atomic E-state index is 12.4. The summed E-state index contributed by atoms with van der Waals surface area (Å²) >= 11 is 0. The summed E-state index contributed by atoms with van der Waals surface area (Å²) in [7, 11) is 0.